The summed E-state index contributed by atoms with van der Waals surface area (Å²) in [6.07, 6.45) is 2.54. The van der Waals surface area contributed by atoms with Crippen LogP contribution in [0.15, 0.2) is 12.1 Å². The van der Waals surface area contributed by atoms with Crippen LogP contribution in [0, 0.1) is 0 Å². The van der Waals surface area contributed by atoms with Crippen molar-refractivity contribution in [3.05, 3.63) is 23.4 Å². The van der Waals surface area contributed by atoms with Gasteiger partial charge in [0.25, 0.3) is 5.91 Å². The minimum absolute atomic E-state index is 0.0752. The van der Waals surface area contributed by atoms with Gasteiger partial charge in [-0.2, -0.15) is 0 Å². The highest BCUT2D eigenvalue weighted by atomic mass is 16.1. The summed E-state index contributed by atoms with van der Waals surface area (Å²) in [5.74, 6) is 0.320. The van der Waals surface area contributed by atoms with Gasteiger partial charge < -0.3 is 16.0 Å². The van der Waals surface area contributed by atoms with Crippen LogP contribution in [0.25, 0.3) is 0 Å². The minimum Gasteiger partial charge on any atom is -0.384 e. The first-order valence-electron chi connectivity index (χ1n) is 7.65. The molecule has 1 amide bonds. The maximum atomic E-state index is 12.2. The molecular weight excluding hydrogens is 264 g/mol. The van der Waals surface area contributed by atoms with E-state index in [1.54, 1.807) is 6.07 Å². The summed E-state index contributed by atoms with van der Waals surface area (Å²) in [6.45, 7) is 10.1. The van der Waals surface area contributed by atoms with Gasteiger partial charge in [-0.15, -0.1) is 0 Å². The van der Waals surface area contributed by atoms with Crippen LogP contribution in [0.3, 0.4) is 0 Å². The number of amides is 1. The van der Waals surface area contributed by atoms with Gasteiger partial charge in [-0.3, -0.25) is 4.79 Å². The average Bonchev–Trinajstić information content (AvgIpc) is 2.90. The molecule has 3 N–H and O–H groups in total. The maximum Gasteiger partial charge on any atom is 0.251 e. The van der Waals surface area contributed by atoms with Crippen molar-refractivity contribution in [3.8, 4) is 0 Å². The lowest BCUT2D eigenvalue weighted by molar-refractivity contribution is 0.0949. The second kappa shape index (κ2) is 6.43. The molecule has 116 valence electrons. The number of nitrogen functional groups attached to an aromatic ring is 1. The molecule has 0 radical (unpaired) electrons. The first-order valence-corrected chi connectivity index (χ1v) is 7.65. The number of likely N-dealkylation sites (tertiary alicyclic amines) is 1. The maximum absolute atomic E-state index is 12.2. The molecule has 0 bridgehead atoms. The van der Waals surface area contributed by atoms with Crippen molar-refractivity contribution >= 4 is 11.7 Å². The molecule has 1 aliphatic rings. The first-order chi connectivity index (χ1) is 9.86. The number of carbonyl (C=O) groups excluding carboxylic acids is 1. The fraction of sp³-hybridized carbons (Fsp3) is 0.625. The molecule has 0 spiro atoms. The number of nitrogens with one attached hydrogen (secondary N) is 1. The summed E-state index contributed by atoms with van der Waals surface area (Å²) in [6, 6.07) is 3.47. The fourth-order valence-corrected chi connectivity index (χ4v) is 2.50. The number of carbonyl (C=O) groups is 1. The number of aromatic nitrogens is 1. The van der Waals surface area contributed by atoms with E-state index in [0.717, 1.165) is 25.3 Å². The zero-order valence-electron chi connectivity index (χ0n) is 13.3. The lowest BCUT2D eigenvalue weighted by Gasteiger charge is -2.19. The number of pyridine rings is 1. The van der Waals surface area contributed by atoms with E-state index in [1.807, 2.05) is 6.07 Å². The third kappa shape index (κ3) is 4.43. The summed E-state index contributed by atoms with van der Waals surface area (Å²) in [7, 11) is 0. The smallest absolute Gasteiger partial charge is 0.251 e. The molecule has 1 aromatic heterocycles. The number of nitrogens with zero attached hydrogens (tertiary/aromatic N) is 2. The highest BCUT2D eigenvalue weighted by molar-refractivity contribution is 5.94. The van der Waals surface area contributed by atoms with E-state index in [1.165, 1.54) is 12.8 Å². The molecule has 0 atom stereocenters. The van der Waals surface area contributed by atoms with Crippen molar-refractivity contribution in [1.29, 1.82) is 0 Å². The molecule has 2 heterocycles. The number of anilines is 1. The zero-order chi connectivity index (χ0) is 15.5. The van der Waals surface area contributed by atoms with E-state index < -0.39 is 0 Å². The molecule has 0 unspecified atom stereocenters. The largest absolute Gasteiger partial charge is 0.384 e. The molecule has 2 rings (SSSR count). The molecule has 0 saturated carbocycles. The first kappa shape index (κ1) is 15.8. The molecule has 1 saturated heterocycles. The number of rotatable bonds is 4. The van der Waals surface area contributed by atoms with Crippen LogP contribution in [0.4, 0.5) is 5.82 Å². The Labute approximate surface area is 126 Å². The number of hydrogen-bond acceptors (Lipinski definition) is 4. The summed E-state index contributed by atoms with van der Waals surface area (Å²) < 4.78 is 0. The van der Waals surface area contributed by atoms with Crippen LogP contribution in [-0.2, 0) is 5.41 Å². The molecular formula is C16H26N4O. The van der Waals surface area contributed by atoms with Crippen molar-refractivity contribution < 1.29 is 4.79 Å². The fourth-order valence-electron chi connectivity index (χ4n) is 2.50. The van der Waals surface area contributed by atoms with Crippen molar-refractivity contribution in [3.63, 3.8) is 0 Å². The summed E-state index contributed by atoms with van der Waals surface area (Å²) in [4.78, 5) is 18.9. The Balaban J connectivity index is 1.96. The van der Waals surface area contributed by atoms with Gasteiger partial charge in [0, 0.05) is 29.8 Å². The Morgan fingerprint density at radius 2 is 2.00 bits per heavy atom. The normalized spacial score (nSPS) is 16.1. The van der Waals surface area contributed by atoms with Crippen molar-refractivity contribution in [2.75, 3.05) is 31.9 Å². The van der Waals surface area contributed by atoms with Gasteiger partial charge in [-0.25, -0.2) is 4.98 Å². The minimum atomic E-state index is -0.125. The van der Waals surface area contributed by atoms with Crippen molar-refractivity contribution in [1.82, 2.24) is 15.2 Å². The van der Waals surface area contributed by atoms with Crippen LogP contribution in [-0.4, -0.2) is 42.0 Å². The van der Waals surface area contributed by atoms with Crippen LogP contribution in [0.2, 0.25) is 0 Å². The van der Waals surface area contributed by atoms with E-state index in [0.29, 0.717) is 17.9 Å². The van der Waals surface area contributed by atoms with Gasteiger partial charge in [0.05, 0.1) is 0 Å². The second-order valence-corrected chi connectivity index (χ2v) is 6.72. The van der Waals surface area contributed by atoms with E-state index in [4.69, 9.17) is 5.73 Å². The van der Waals surface area contributed by atoms with Gasteiger partial charge >= 0.3 is 0 Å². The number of hydrogen-bond donors (Lipinski definition) is 2. The van der Waals surface area contributed by atoms with E-state index in [-0.39, 0.29) is 11.3 Å². The monoisotopic (exact) mass is 290 g/mol. The van der Waals surface area contributed by atoms with Crippen LogP contribution in [0.5, 0.6) is 0 Å². The third-order valence-corrected chi connectivity index (χ3v) is 3.79. The van der Waals surface area contributed by atoms with Crippen LogP contribution in [0.1, 0.15) is 49.7 Å². The quantitative estimate of drug-likeness (QED) is 0.887. The highest BCUT2D eigenvalue weighted by Crippen LogP contribution is 2.22. The molecule has 1 aromatic rings. The van der Waals surface area contributed by atoms with Crippen molar-refractivity contribution in [2.24, 2.45) is 0 Å². The number of nitrogens with two attached hydrogens (primary N) is 1. The standard InChI is InChI=1S/C16H26N4O/c1-16(2,3)13-10-12(11-14(17)19-13)15(21)18-6-9-20-7-4-5-8-20/h10-11H,4-9H2,1-3H3,(H2,17,19)(H,18,21). The Morgan fingerprint density at radius 3 is 2.62 bits per heavy atom. The summed E-state index contributed by atoms with van der Waals surface area (Å²) in [5.41, 5.74) is 7.13. The Bertz CT molecular complexity index is 501. The van der Waals surface area contributed by atoms with Gasteiger partial charge in [0.2, 0.25) is 0 Å². The SMILES string of the molecule is CC(C)(C)c1cc(C(=O)NCCN2CCCC2)cc(N)n1. The predicted octanol–water partition coefficient (Wildman–Crippen LogP) is 1.79. The predicted molar refractivity (Wildman–Crippen MR) is 85.4 cm³/mol. The zero-order valence-corrected chi connectivity index (χ0v) is 13.3. The van der Waals surface area contributed by atoms with E-state index in [2.05, 4.69) is 36.0 Å². The lowest BCUT2D eigenvalue weighted by Crippen LogP contribution is -2.33. The lowest BCUT2D eigenvalue weighted by atomic mass is 9.90. The van der Waals surface area contributed by atoms with Crippen LogP contribution < -0.4 is 11.1 Å². The van der Waals surface area contributed by atoms with Gasteiger partial charge in [-0.05, 0) is 38.1 Å². The molecule has 21 heavy (non-hydrogen) atoms. The average molecular weight is 290 g/mol. The summed E-state index contributed by atoms with van der Waals surface area (Å²) >= 11 is 0. The van der Waals surface area contributed by atoms with Crippen molar-refractivity contribution in [2.45, 2.75) is 39.0 Å². The molecule has 0 aromatic carbocycles. The van der Waals surface area contributed by atoms with Gasteiger partial charge in [0.15, 0.2) is 0 Å². The topological polar surface area (TPSA) is 71.2 Å². The van der Waals surface area contributed by atoms with E-state index >= 15 is 0 Å². The Morgan fingerprint density at radius 1 is 1.33 bits per heavy atom. The Kier molecular flexibility index (Phi) is 4.83. The second-order valence-electron chi connectivity index (χ2n) is 6.72. The van der Waals surface area contributed by atoms with Gasteiger partial charge in [0.1, 0.15) is 5.82 Å². The summed E-state index contributed by atoms with van der Waals surface area (Å²) in [5, 5.41) is 2.97. The highest BCUT2D eigenvalue weighted by Gasteiger charge is 2.19. The van der Waals surface area contributed by atoms with Crippen LogP contribution >= 0.6 is 0 Å². The molecule has 1 fully saturated rings. The molecule has 5 nitrogen and oxygen atoms in total. The molecule has 0 aliphatic carbocycles. The Hall–Kier alpha value is -1.62. The molecule has 1 aliphatic heterocycles. The third-order valence-electron chi connectivity index (χ3n) is 3.79. The molecule has 5 heteroatoms. The van der Waals surface area contributed by atoms with Gasteiger partial charge in [-0.1, -0.05) is 20.8 Å². The van der Waals surface area contributed by atoms with E-state index in [9.17, 15) is 4.79 Å².